The summed E-state index contributed by atoms with van der Waals surface area (Å²) in [5.41, 5.74) is 0.429. The van der Waals surface area contributed by atoms with E-state index >= 15 is 0 Å². The second-order valence-corrected chi connectivity index (χ2v) is 3.78. The van der Waals surface area contributed by atoms with Gasteiger partial charge >= 0.3 is 0 Å². The average Bonchev–Trinajstić information content (AvgIpc) is 2.27. The molecule has 0 amide bonds. The van der Waals surface area contributed by atoms with Gasteiger partial charge in [0.1, 0.15) is 5.82 Å². The Kier molecular flexibility index (Phi) is 3.22. The molecule has 1 aromatic heterocycles. The monoisotopic (exact) mass is 257 g/mol. The number of aromatic nitrogens is 2. The van der Waals surface area contributed by atoms with Gasteiger partial charge in [-0.2, -0.15) is 0 Å². The average molecular weight is 258 g/mol. The molecule has 0 aliphatic carbocycles. The summed E-state index contributed by atoms with van der Waals surface area (Å²) in [5, 5.41) is 10.9. The maximum atomic E-state index is 13.0. The summed E-state index contributed by atoms with van der Waals surface area (Å²) in [6.07, 6.45) is 0. The highest BCUT2D eigenvalue weighted by molar-refractivity contribution is 6.33. The van der Waals surface area contributed by atoms with Gasteiger partial charge in [0.2, 0.25) is 0 Å². The van der Waals surface area contributed by atoms with Gasteiger partial charge in [-0.1, -0.05) is 23.2 Å². The molecule has 2 aromatic rings. The molecule has 0 spiro atoms. The number of hydrogen-bond acceptors (Lipinski definition) is 3. The number of halogens is 3. The first-order chi connectivity index (χ1) is 7.65. The van der Waals surface area contributed by atoms with Crippen LogP contribution in [-0.2, 0) is 0 Å². The lowest BCUT2D eigenvalue weighted by Crippen LogP contribution is -1.96. The molecule has 6 heteroatoms. The third-order valence-electron chi connectivity index (χ3n) is 1.82. The van der Waals surface area contributed by atoms with Crippen LogP contribution in [0.3, 0.4) is 0 Å². The zero-order valence-electron chi connectivity index (χ0n) is 7.92. The molecule has 0 aliphatic heterocycles. The first kappa shape index (κ1) is 11.1. The molecular weight excluding hydrogens is 252 g/mol. The fraction of sp³-hybridized carbons (Fsp3) is 0. The highest BCUT2D eigenvalue weighted by Crippen LogP contribution is 2.25. The Bertz CT molecular complexity index is 502. The molecule has 0 radical (unpaired) electrons. The predicted molar refractivity (Wildman–Crippen MR) is 61.7 cm³/mol. The highest BCUT2D eigenvalue weighted by Gasteiger charge is 2.03. The third-order valence-corrected chi connectivity index (χ3v) is 2.35. The van der Waals surface area contributed by atoms with Crippen molar-refractivity contribution < 1.29 is 4.39 Å². The topological polar surface area (TPSA) is 37.8 Å². The van der Waals surface area contributed by atoms with Crippen LogP contribution in [0.5, 0.6) is 0 Å². The van der Waals surface area contributed by atoms with E-state index in [1.807, 2.05) is 0 Å². The standard InChI is InChI=1S/C10H6Cl2FN3/c11-7-2-1-6(13)5-8(7)14-10-4-3-9(12)15-16-10/h1-5H,(H,14,16). The molecule has 0 saturated carbocycles. The van der Waals surface area contributed by atoms with Crippen molar-refractivity contribution in [3.05, 3.63) is 46.3 Å². The molecular formula is C10H6Cl2FN3. The van der Waals surface area contributed by atoms with Crippen LogP contribution in [0.25, 0.3) is 0 Å². The summed E-state index contributed by atoms with van der Waals surface area (Å²) in [7, 11) is 0. The van der Waals surface area contributed by atoms with E-state index in [0.29, 0.717) is 16.5 Å². The van der Waals surface area contributed by atoms with Crippen molar-refractivity contribution in [1.82, 2.24) is 10.2 Å². The minimum absolute atomic E-state index is 0.288. The second-order valence-electron chi connectivity index (χ2n) is 2.99. The number of rotatable bonds is 2. The lowest BCUT2D eigenvalue weighted by Gasteiger charge is -2.06. The van der Waals surface area contributed by atoms with Crippen LogP contribution in [-0.4, -0.2) is 10.2 Å². The number of nitrogens with one attached hydrogen (secondary N) is 1. The molecule has 0 bridgehead atoms. The number of anilines is 2. The first-order valence-electron chi connectivity index (χ1n) is 4.36. The Balaban J connectivity index is 2.26. The van der Waals surface area contributed by atoms with Gasteiger partial charge in [-0.15, -0.1) is 10.2 Å². The van der Waals surface area contributed by atoms with Crippen molar-refractivity contribution in [1.29, 1.82) is 0 Å². The summed E-state index contributed by atoms with van der Waals surface area (Å²) >= 11 is 11.5. The van der Waals surface area contributed by atoms with E-state index in [0.717, 1.165) is 0 Å². The summed E-state index contributed by atoms with van der Waals surface area (Å²) in [5.74, 6) is 0.0609. The number of hydrogen-bond donors (Lipinski definition) is 1. The van der Waals surface area contributed by atoms with Crippen LogP contribution in [0, 0.1) is 5.82 Å². The Labute approximate surface area is 101 Å². The third kappa shape index (κ3) is 2.59. The SMILES string of the molecule is Fc1ccc(Cl)c(Nc2ccc(Cl)nn2)c1. The quantitative estimate of drug-likeness (QED) is 0.893. The van der Waals surface area contributed by atoms with Gasteiger partial charge in [-0.3, -0.25) is 0 Å². The van der Waals surface area contributed by atoms with Crippen molar-refractivity contribution in [2.24, 2.45) is 0 Å². The Hall–Kier alpha value is -1.39. The molecule has 0 aliphatic rings. The fourth-order valence-corrected chi connectivity index (χ4v) is 1.38. The van der Waals surface area contributed by atoms with E-state index in [2.05, 4.69) is 15.5 Å². The number of nitrogens with zero attached hydrogens (tertiary/aromatic N) is 2. The molecule has 1 heterocycles. The van der Waals surface area contributed by atoms with E-state index in [1.54, 1.807) is 12.1 Å². The van der Waals surface area contributed by atoms with Crippen LogP contribution in [0.15, 0.2) is 30.3 Å². The molecule has 0 fully saturated rings. The summed E-state index contributed by atoms with van der Waals surface area (Å²) in [6.45, 7) is 0. The number of benzene rings is 1. The maximum absolute atomic E-state index is 13.0. The normalized spacial score (nSPS) is 10.2. The van der Waals surface area contributed by atoms with Crippen LogP contribution < -0.4 is 5.32 Å². The zero-order valence-corrected chi connectivity index (χ0v) is 9.43. The Morgan fingerprint density at radius 1 is 1.06 bits per heavy atom. The van der Waals surface area contributed by atoms with Crippen LogP contribution in [0.4, 0.5) is 15.9 Å². The van der Waals surface area contributed by atoms with E-state index in [4.69, 9.17) is 23.2 Å². The van der Waals surface area contributed by atoms with Crippen LogP contribution in [0.1, 0.15) is 0 Å². The summed E-state index contributed by atoms with van der Waals surface area (Å²) in [4.78, 5) is 0. The fourth-order valence-electron chi connectivity index (χ4n) is 1.11. The minimum atomic E-state index is -0.381. The van der Waals surface area contributed by atoms with Crippen molar-refractivity contribution in [3.63, 3.8) is 0 Å². The molecule has 2 rings (SSSR count). The van der Waals surface area contributed by atoms with Gasteiger partial charge in [-0.25, -0.2) is 4.39 Å². The predicted octanol–water partition coefficient (Wildman–Crippen LogP) is 3.67. The Morgan fingerprint density at radius 2 is 1.88 bits per heavy atom. The van der Waals surface area contributed by atoms with Crippen LogP contribution in [0.2, 0.25) is 10.2 Å². The van der Waals surface area contributed by atoms with Gasteiger partial charge in [0, 0.05) is 0 Å². The van der Waals surface area contributed by atoms with Crippen molar-refractivity contribution in [2.75, 3.05) is 5.32 Å². The van der Waals surface area contributed by atoms with E-state index < -0.39 is 0 Å². The molecule has 82 valence electrons. The lowest BCUT2D eigenvalue weighted by atomic mass is 10.3. The second kappa shape index (κ2) is 4.63. The molecule has 16 heavy (non-hydrogen) atoms. The van der Waals surface area contributed by atoms with Gasteiger partial charge in [0.25, 0.3) is 0 Å². The first-order valence-corrected chi connectivity index (χ1v) is 5.12. The molecule has 0 atom stereocenters. The highest BCUT2D eigenvalue weighted by atomic mass is 35.5. The zero-order chi connectivity index (χ0) is 11.5. The molecule has 3 nitrogen and oxygen atoms in total. The van der Waals surface area contributed by atoms with Crippen molar-refractivity contribution in [2.45, 2.75) is 0 Å². The summed E-state index contributed by atoms with van der Waals surface area (Å²) in [6, 6.07) is 7.21. The Morgan fingerprint density at radius 3 is 2.56 bits per heavy atom. The smallest absolute Gasteiger partial charge is 0.153 e. The minimum Gasteiger partial charge on any atom is -0.337 e. The lowest BCUT2D eigenvalue weighted by molar-refractivity contribution is 0.628. The van der Waals surface area contributed by atoms with E-state index in [9.17, 15) is 4.39 Å². The molecule has 0 saturated heterocycles. The van der Waals surface area contributed by atoms with E-state index in [-0.39, 0.29) is 11.0 Å². The molecule has 1 aromatic carbocycles. The molecule has 0 unspecified atom stereocenters. The van der Waals surface area contributed by atoms with Crippen molar-refractivity contribution in [3.8, 4) is 0 Å². The van der Waals surface area contributed by atoms with Gasteiger partial charge < -0.3 is 5.32 Å². The van der Waals surface area contributed by atoms with Gasteiger partial charge in [0.05, 0.1) is 10.7 Å². The molecule has 1 N–H and O–H groups in total. The van der Waals surface area contributed by atoms with Gasteiger partial charge in [-0.05, 0) is 30.3 Å². The summed E-state index contributed by atoms with van der Waals surface area (Å²) < 4.78 is 13.0. The van der Waals surface area contributed by atoms with Crippen LogP contribution >= 0.6 is 23.2 Å². The van der Waals surface area contributed by atoms with Gasteiger partial charge in [0.15, 0.2) is 11.0 Å². The maximum Gasteiger partial charge on any atom is 0.153 e. The van der Waals surface area contributed by atoms with Crippen molar-refractivity contribution >= 4 is 34.7 Å². The largest absolute Gasteiger partial charge is 0.337 e. The van der Waals surface area contributed by atoms with E-state index in [1.165, 1.54) is 18.2 Å².